The SMILES string of the molecule is CC(C)(C)c1nc2cc(NCC(C)(O)C(F)F)ccc2o1. The number of hydrogen-bond acceptors (Lipinski definition) is 4. The first-order valence-electron chi connectivity index (χ1n) is 6.75. The molecule has 1 aromatic heterocycles. The van der Waals surface area contributed by atoms with Crippen LogP contribution in [0.25, 0.3) is 11.1 Å². The van der Waals surface area contributed by atoms with Crippen molar-refractivity contribution in [3.05, 3.63) is 24.1 Å². The van der Waals surface area contributed by atoms with Gasteiger partial charge in [0.2, 0.25) is 5.89 Å². The highest BCUT2D eigenvalue weighted by Crippen LogP contribution is 2.27. The molecule has 0 saturated heterocycles. The summed E-state index contributed by atoms with van der Waals surface area (Å²) in [5.41, 5.74) is -0.369. The van der Waals surface area contributed by atoms with E-state index in [9.17, 15) is 13.9 Å². The maximum absolute atomic E-state index is 12.6. The Bertz CT molecular complexity index is 630. The van der Waals surface area contributed by atoms with E-state index in [1.165, 1.54) is 0 Å². The lowest BCUT2D eigenvalue weighted by molar-refractivity contribution is -0.0732. The van der Waals surface area contributed by atoms with Gasteiger partial charge in [-0.25, -0.2) is 13.8 Å². The predicted molar refractivity (Wildman–Crippen MR) is 77.8 cm³/mol. The van der Waals surface area contributed by atoms with Crippen LogP contribution in [0.5, 0.6) is 0 Å². The van der Waals surface area contributed by atoms with Crippen molar-refractivity contribution in [1.82, 2.24) is 4.98 Å². The van der Waals surface area contributed by atoms with E-state index in [2.05, 4.69) is 10.3 Å². The summed E-state index contributed by atoms with van der Waals surface area (Å²) in [5, 5.41) is 12.3. The number of nitrogens with one attached hydrogen (secondary N) is 1. The van der Waals surface area contributed by atoms with Crippen LogP contribution in [0.1, 0.15) is 33.6 Å². The molecule has 0 amide bonds. The summed E-state index contributed by atoms with van der Waals surface area (Å²) in [6.45, 7) is 6.83. The van der Waals surface area contributed by atoms with Crippen molar-refractivity contribution in [1.29, 1.82) is 0 Å². The Morgan fingerprint density at radius 1 is 1.29 bits per heavy atom. The molecule has 2 N–H and O–H groups in total. The van der Waals surface area contributed by atoms with E-state index < -0.39 is 12.0 Å². The number of aliphatic hydroxyl groups is 1. The highest BCUT2D eigenvalue weighted by Gasteiger charge is 2.31. The van der Waals surface area contributed by atoms with E-state index in [0.29, 0.717) is 22.7 Å². The Labute approximate surface area is 122 Å². The van der Waals surface area contributed by atoms with Crippen LogP contribution in [-0.4, -0.2) is 28.7 Å². The van der Waals surface area contributed by atoms with Gasteiger partial charge in [-0.3, -0.25) is 0 Å². The van der Waals surface area contributed by atoms with Gasteiger partial charge in [0, 0.05) is 17.6 Å². The third-order valence-electron chi connectivity index (χ3n) is 3.15. The molecule has 2 aromatic rings. The second-order valence-corrected chi connectivity index (χ2v) is 6.46. The molecular formula is C15H20F2N2O2. The Morgan fingerprint density at radius 3 is 2.52 bits per heavy atom. The number of rotatable bonds is 4. The molecule has 0 radical (unpaired) electrons. The summed E-state index contributed by atoms with van der Waals surface area (Å²) < 4.78 is 30.8. The fourth-order valence-corrected chi connectivity index (χ4v) is 1.72. The monoisotopic (exact) mass is 298 g/mol. The zero-order valence-corrected chi connectivity index (χ0v) is 12.6. The maximum atomic E-state index is 12.6. The van der Waals surface area contributed by atoms with Crippen LogP contribution in [0.4, 0.5) is 14.5 Å². The third kappa shape index (κ3) is 3.50. The van der Waals surface area contributed by atoms with Crippen molar-refractivity contribution in [3.63, 3.8) is 0 Å². The number of halogens is 2. The third-order valence-corrected chi connectivity index (χ3v) is 3.15. The molecule has 0 aliphatic carbocycles. The molecule has 6 heteroatoms. The molecule has 0 saturated carbocycles. The largest absolute Gasteiger partial charge is 0.440 e. The van der Waals surface area contributed by atoms with E-state index in [1.54, 1.807) is 18.2 Å². The van der Waals surface area contributed by atoms with Gasteiger partial charge in [-0.15, -0.1) is 0 Å². The van der Waals surface area contributed by atoms with Gasteiger partial charge in [0.15, 0.2) is 5.58 Å². The molecule has 1 heterocycles. The minimum Gasteiger partial charge on any atom is -0.440 e. The van der Waals surface area contributed by atoms with E-state index >= 15 is 0 Å². The number of nitrogens with zero attached hydrogens (tertiary/aromatic N) is 1. The van der Waals surface area contributed by atoms with E-state index in [1.807, 2.05) is 20.8 Å². The van der Waals surface area contributed by atoms with Crippen LogP contribution in [0.3, 0.4) is 0 Å². The standard InChI is InChI=1S/C15H20F2N2O2/c1-14(2,3)13-19-10-7-9(5-6-11(10)21-13)18-8-15(4,20)12(16)17/h5-7,12,18,20H,8H2,1-4H3. The van der Waals surface area contributed by atoms with Crippen LogP contribution >= 0.6 is 0 Å². The van der Waals surface area contributed by atoms with Gasteiger partial charge in [0.1, 0.15) is 11.1 Å². The molecule has 0 aliphatic rings. The molecule has 4 nitrogen and oxygen atoms in total. The molecule has 116 valence electrons. The minimum absolute atomic E-state index is 0.202. The van der Waals surface area contributed by atoms with Crippen LogP contribution in [-0.2, 0) is 5.41 Å². The Balaban J connectivity index is 2.20. The summed E-state index contributed by atoms with van der Waals surface area (Å²) >= 11 is 0. The summed E-state index contributed by atoms with van der Waals surface area (Å²) in [6.07, 6.45) is -2.81. The Kier molecular flexibility index (Phi) is 3.93. The van der Waals surface area contributed by atoms with Gasteiger partial charge in [0.05, 0.1) is 0 Å². The number of fused-ring (bicyclic) bond motifs is 1. The van der Waals surface area contributed by atoms with Gasteiger partial charge < -0.3 is 14.8 Å². The second kappa shape index (κ2) is 5.26. The van der Waals surface area contributed by atoms with Crippen molar-refractivity contribution in [2.75, 3.05) is 11.9 Å². The Morgan fingerprint density at radius 2 is 1.95 bits per heavy atom. The smallest absolute Gasteiger partial charge is 0.268 e. The number of anilines is 1. The average molecular weight is 298 g/mol. The normalized spacial score (nSPS) is 15.4. The lowest BCUT2D eigenvalue weighted by Gasteiger charge is -2.22. The number of hydrogen-bond donors (Lipinski definition) is 2. The highest BCUT2D eigenvalue weighted by atomic mass is 19.3. The molecule has 0 bridgehead atoms. The number of aromatic nitrogens is 1. The van der Waals surface area contributed by atoms with Crippen LogP contribution in [0.15, 0.2) is 22.6 Å². The van der Waals surface area contributed by atoms with Crippen molar-refractivity contribution >= 4 is 16.8 Å². The van der Waals surface area contributed by atoms with Gasteiger partial charge in [0.25, 0.3) is 6.43 Å². The predicted octanol–water partition coefficient (Wildman–Crippen LogP) is 3.55. The van der Waals surface area contributed by atoms with Gasteiger partial charge in [-0.2, -0.15) is 0 Å². The lowest BCUT2D eigenvalue weighted by Crippen LogP contribution is -2.40. The van der Waals surface area contributed by atoms with Gasteiger partial charge in [-0.05, 0) is 25.1 Å². The first kappa shape index (κ1) is 15.7. The number of benzene rings is 1. The summed E-state index contributed by atoms with van der Waals surface area (Å²) in [7, 11) is 0. The molecule has 21 heavy (non-hydrogen) atoms. The topological polar surface area (TPSA) is 58.3 Å². The molecule has 1 atom stereocenters. The summed E-state index contributed by atoms with van der Waals surface area (Å²) in [4.78, 5) is 4.41. The van der Waals surface area contributed by atoms with Crippen molar-refractivity contribution in [2.24, 2.45) is 0 Å². The maximum Gasteiger partial charge on any atom is 0.268 e. The first-order valence-corrected chi connectivity index (χ1v) is 6.75. The van der Waals surface area contributed by atoms with Crippen molar-refractivity contribution in [3.8, 4) is 0 Å². The number of oxazole rings is 1. The van der Waals surface area contributed by atoms with E-state index in [0.717, 1.165) is 6.92 Å². The Hall–Kier alpha value is -1.69. The van der Waals surface area contributed by atoms with Gasteiger partial charge >= 0.3 is 0 Å². The number of alkyl halides is 2. The van der Waals surface area contributed by atoms with Crippen LogP contribution < -0.4 is 5.32 Å². The van der Waals surface area contributed by atoms with E-state index in [4.69, 9.17) is 4.42 Å². The van der Waals surface area contributed by atoms with E-state index in [-0.39, 0.29) is 12.0 Å². The molecule has 2 rings (SSSR count). The van der Waals surface area contributed by atoms with Crippen LogP contribution in [0.2, 0.25) is 0 Å². The van der Waals surface area contributed by atoms with Crippen molar-refractivity contribution in [2.45, 2.75) is 45.1 Å². The molecule has 1 unspecified atom stereocenters. The molecule has 0 aliphatic heterocycles. The highest BCUT2D eigenvalue weighted by molar-refractivity contribution is 5.77. The lowest BCUT2D eigenvalue weighted by atomic mass is 9.97. The summed E-state index contributed by atoms with van der Waals surface area (Å²) in [6, 6.07) is 5.16. The second-order valence-electron chi connectivity index (χ2n) is 6.46. The van der Waals surface area contributed by atoms with Gasteiger partial charge in [-0.1, -0.05) is 20.8 Å². The zero-order valence-electron chi connectivity index (χ0n) is 12.6. The fourth-order valence-electron chi connectivity index (χ4n) is 1.72. The average Bonchev–Trinajstić information content (AvgIpc) is 2.79. The first-order chi connectivity index (χ1) is 9.59. The fraction of sp³-hybridized carbons (Fsp3) is 0.533. The molecule has 1 aromatic carbocycles. The summed E-state index contributed by atoms with van der Waals surface area (Å²) in [5.74, 6) is 0.620. The molecule has 0 fully saturated rings. The van der Waals surface area contributed by atoms with Crippen molar-refractivity contribution < 1.29 is 18.3 Å². The zero-order chi connectivity index (χ0) is 15.8. The molecular weight excluding hydrogens is 278 g/mol. The minimum atomic E-state index is -2.81. The van der Waals surface area contributed by atoms with Crippen LogP contribution in [0, 0.1) is 0 Å². The quantitative estimate of drug-likeness (QED) is 0.906. The molecule has 0 spiro atoms.